The molecule has 0 saturated heterocycles. The minimum Gasteiger partial charge on any atom is -0.487 e. The third-order valence-electron chi connectivity index (χ3n) is 5.77. The van der Waals surface area contributed by atoms with Gasteiger partial charge >= 0.3 is 0 Å². The summed E-state index contributed by atoms with van der Waals surface area (Å²) in [5, 5.41) is 9.74. The summed E-state index contributed by atoms with van der Waals surface area (Å²) in [6.45, 7) is 4.07. The van der Waals surface area contributed by atoms with Crippen molar-refractivity contribution in [1.29, 1.82) is 0 Å². The summed E-state index contributed by atoms with van der Waals surface area (Å²) in [7, 11) is 0. The van der Waals surface area contributed by atoms with E-state index in [2.05, 4.69) is 6.92 Å². The number of halogens is 2. The SMILES string of the molecule is CC(=O)C1(CCC(C)Cc2ccc(OCC(C)(F)F)cc2)CCC(O)CC1. The van der Waals surface area contributed by atoms with E-state index in [1.165, 1.54) is 0 Å². The molecule has 27 heavy (non-hydrogen) atoms. The van der Waals surface area contributed by atoms with Crippen LogP contribution in [0.1, 0.15) is 64.9 Å². The number of benzene rings is 1. The molecule has 0 aliphatic heterocycles. The molecule has 0 spiro atoms. The third kappa shape index (κ3) is 6.87. The zero-order valence-electron chi connectivity index (χ0n) is 16.6. The normalized spacial score (nSPS) is 24.4. The van der Waals surface area contributed by atoms with E-state index in [4.69, 9.17) is 4.74 Å². The second-order valence-corrected chi connectivity index (χ2v) is 8.42. The second kappa shape index (κ2) is 9.13. The molecule has 1 unspecified atom stereocenters. The van der Waals surface area contributed by atoms with Gasteiger partial charge in [0.2, 0.25) is 0 Å². The summed E-state index contributed by atoms with van der Waals surface area (Å²) in [6, 6.07) is 7.29. The van der Waals surface area contributed by atoms with Crippen molar-refractivity contribution in [3.63, 3.8) is 0 Å². The number of carbonyl (C=O) groups is 1. The Bertz CT molecular complexity index is 599. The number of Topliss-reactive ketones (excluding diaryl/α,β-unsaturated/α-hetero) is 1. The quantitative estimate of drug-likeness (QED) is 0.639. The first-order valence-corrected chi connectivity index (χ1v) is 9.88. The summed E-state index contributed by atoms with van der Waals surface area (Å²) in [5.41, 5.74) is 0.866. The molecule has 5 heteroatoms. The van der Waals surface area contributed by atoms with Gasteiger partial charge in [-0.3, -0.25) is 4.79 Å². The van der Waals surface area contributed by atoms with Crippen molar-refractivity contribution >= 4 is 5.78 Å². The molecule has 0 heterocycles. The van der Waals surface area contributed by atoms with Gasteiger partial charge in [0.1, 0.15) is 11.5 Å². The smallest absolute Gasteiger partial charge is 0.278 e. The fourth-order valence-electron chi connectivity index (χ4n) is 3.89. The van der Waals surface area contributed by atoms with E-state index in [0.717, 1.165) is 44.6 Å². The maximum atomic E-state index is 12.8. The Morgan fingerprint density at radius 1 is 1.30 bits per heavy atom. The summed E-state index contributed by atoms with van der Waals surface area (Å²) in [4.78, 5) is 12.2. The van der Waals surface area contributed by atoms with Crippen LogP contribution in [0.2, 0.25) is 0 Å². The van der Waals surface area contributed by atoms with Crippen LogP contribution in [0.5, 0.6) is 5.75 Å². The molecule has 0 radical (unpaired) electrons. The van der Waals surface area contributed by atoms with Crippen LogP contribution in [-0.4, -0.2) is 29.5 Å². The Morgan fingerprint density at radius 2 is 1.89 bits per heavy atom. The molecular weight excluding hydrogens is 350 g/mol. The molecule has 1 atom stereocenters. The van der Waals surface area contributed by atoms with Gasteiger partial charge in [-0.15, -0.1) is 0 Å². The maximum Gasteiger partial charge on any atom is 0.278 e. The Morgan fingerprint density at radius 3 is 2.41 bits per heavy atom. The van der Waals surface area contributed by atoms with Gasteiger partial charge in [0, 0.05) is 12.3 Å². The van der Waals surface area contributed by atoms with Crippen molar-refractivity contribution in [3.8, 4) is 5.75 Å². The molecule has 2 rings (SSSR count). The lowest BCUT2D eigenvalue weighted by Gasteiger charge is -2.37. The molecule has 1 N–H and O–H groups in total. The first-order valence-electron chi connectivity index (χ1n) is 9.88. The molecular formula is C22H32F2O3. The van der Waals surface area contributed by atoms with Gasteiger partial charge < -0.3 is 9.84 Å². The Labute approximate surface area is 161 Å². The van der Waals surface area contributed by atoms with Crippen LogP contribution in [0.4, 0.5) is 8.78 Å². The first kappa shape index (κ1) is 21.8. The highest BCUT2D eigenvalue weighted by Crippen LogP contribution is 2.42. The molecule has 1 aliphatic carbocycles. The van der Waals surface area contributed by atoms with Crippen LogP contribution in [0.15, 0.2) is 24.3 Å². The van der Waals surface area contributed by atoms with Crippen molar-refractivity contribution in [2.45, 2.75) is 77.7 Å². The van der Waals surface area contributed by atoms with Crippen LogP contribution in [-0.2, 0) is 11.2 Å². The molecule has 0 aromatic heterocycles. The number of alkyl halides is 2. The van der Waals surface area contributed by atoms with Crippen molar-refractivity contribution in [2.24, 2.45) is 11.3 Å². The average Bonchev–Trinajstić information content (AvgIpc) is 2.60. The van der Waals surface area contributed by atoms with E-state index in [9.17, 15) is 18.7 Å². The van der Waals surface area contributed by atoms with Gasteiger partial charge in [-0.25, -0.2) is 8.78 Å². The molecule has 1 saturated carbocycles. The van der Waals surface area contributed by atoms with Gasteiger partial charge in [-0.2, -0.15) is 0 Å². The molecule has 3 nitrogen and oxygen atoms in total. The molecule has 0 amide bonds. The van der Waals surface area contributed by atoms with E-state index in [-0.39, 0.29) is 17.3 Å². The lowest BCUT2D eigenvalue weighted by Crippen LogP contribution is -2.36. The summed E-state index contributed by atoms with van der Waals surface area (Å²) >= 11 is 0. The Hall–Kier alpha value is -1.49. The second-order valence-electron chi connectivity index (χ2n) is 8.42. The van der Waals surface area contributed by atoms with Gasteiger partial charge in [0.25, 0.3) is 5.92 Å². The number of aliphatic hydroxyl groups excluding tert-OH is 1. The van der Waals surface area contributed by atoms with Crippen LogP contribution < -0.4 is 4.74 Å². The fourth-order valence-corrected chi connectivity index (χ4v) is 3.89. The van der Waals surface area contributed by atoms with E-state index >= 15 is 0 Å². The van der Waals surface area contributed by atoms with Crippen LogP contribution in [0.3, 0.4) is 0 Å². The summed E-state index contributed by atoms with van der Waals surface area (Å²) in [6.07, 6.45) is 5.43. The zero-order valence-corrected chi connectivity index (χ0v) is 16.6. The maximum absolute atomic E-state index is 12.8. The van der Waals surface area contributed by atoms with Crippen molar-refractivity contribution < 1.29 is 23.4 Å². The average molecular weight is 382 g/mol. The third-order valence-corrected chi connectivity index (χ3v) is 5.77. The minimum atomic E-state index is -2.84. The molecule has 1 aliphatic rings. The highest BCUT2D eigenvalue weighted by atomic mass is 19.3. The number of ether oxygens (including phenoxy) is 1. The fraction of sp³-hybridized carbons (Fsp3) is 0.682. The van der Waals surface area contributed by atoms with Crippen molar-refractivity contribution in [3.05, 3.63) is 29.8 Å². The number of hydrogen-bond acceptors (Lipinski definition) is 3. The first-order chi connectivity index (χ1) is 12.6. The van der Waals surface area contributed by atoms with Crippen LogP contribution in [0.25, 0.3) is 0 Å². The van der Waals surface area contributed by atoms with E-state index in [1.807, 2.05) is 12.1 Å². The van der Waals surface area contributed by atoms with E-state index in [0.29, 0.717) is 24.5 Å². The van der Waals surface area contributed by atoms with Crippen molar-refractivity contribution in [2.75, 3.05) is 6.61 Å². The van der Waals surface area contributed by atoms with Gasteiger partial charge in [0.05, 0.1) is 6.10 Å². The lowest BCUT2D eigenvalue weighted by molar-refractivity contribution is -0.130. The largest absolute Gasteiger partial charge is 0.487 e. The van der Waals surface area contributed by atoms with Gasteiger partial charge in [-0.05, 0) is 75.5 Å². The molecule has 1 aromatic carbocycles. The highest BCUT2D eigenvalue weighted by molar-refractivity contribution is 5.82. The molecule has 152 valence electrons. The predicted molar refractivity (Wildman–Crippen MR) is 102 cm³/mol. The van der Waals surface area contributed by atoms with E-state index < -0.39 is 12.5 Å². The topological polar surface area (TPSA) is 46.5 Å². The number of hydrogen-bond donors (Lipinski definition) is 1. The highest BCUT2D eigenvalue weighted by Gasteiger charge is 2.38. The number of rotatable bonds is 9. The number of ketones is 1. The van der Waals surface area contributed by atoms with Gasteiger partial charge in [0.15, 0.2) is 6.61 Å². The van der Waals surface area contributed by atoms with Crippen LogP contribution in [0, 0.1) is 11.3 Å². The Balaban J connectivity index is 1.84. The molecule has 1 aromatic rings. The van der Waals surface area contributed by atoms with E-state index in [1.54, 1.807) is 19.1 Å². The zero-order chi connectivity index (χ0) is 20.1. The molecule has 0 bridgehead atoms. The lowest BCUT2D eigenvalue weighted by atomic mass is 9.67. The minimum absolute atomic E-state index is 0.246. The summed E-state index contributed by atoms with van der Waals surface area (Å²) < 4.78 is 30.8. The summed E-state index contributed by atoms with van der Waals surface area (Å²) in [5.74, 6) is -1.73. The predicted octanol–water partition coefficient (Wildman–Crippen LogP) is 5.19. The molecule has 1 fully saturated rings. The number of aliphatic hydroxyl groups is 1. The Kier molecular flexibility index (Phi) is 7.38. The van der Waals surface area contributed by atoms with Crippen molar-refractivity contribution in [1.82, 2.24) is 0 Å². The standard InChI is InChI=1S/C22H32F2O3/c1-16(8-11-22(17(2)25)12-9-19(26)10-13-22)14-18-4-6-20(7-5-18)27-15-21(3,23)24/h4-7,16,19,26H,8-15H2,1-3H3. The monoisotopic (exact) mass is 382 g/mol. The van der Waals surface area contributed by atoms with Crippen LogP contribution >= 0.6 is 0 Å². The van der Waals surface area contributed by atoms with Gasteiger partial charge in [-0.1, -0.05) is 19.1 Å². The number of carbonyl (C=O) groups excluding carboxylic acids is 1.